The van der Waals surface area contributed by atoms with E-state index in [1.165, 1.54) is 0 Å². The van der Waals surface area contributed by atoms with Gasteiger partial charge in [0.2, 0.25) is 0 Å². The van der Waals surface area contributed by atoms with Gasteiger partial charge in [-0.2, -0.15) is 0 Å². The van der Waals surface area contributed by atoms with Gasteiger partial charge in [-0.25, -0.2) is 0 Å². The summed E-state index contributed by atoms with van der Waals surface area (Å²) >= 11 is 0. The van der Waals surface area contributed by atoms with Crippen LogP contribution in [0.5, 0.6) is 0 Å². The molecule has 0 atom stereocenters. The van der Waals surface area contributed by atoms with Crippen molar-refractivity contribution < 1.29 is 40.4 Å². The van der Waals surface area contributed by atoms with Crippen LogP contribution in [0, 0.1) is 0 Å². The summed E-state index contributed by atoms with van der Waals surface area (Å²) in [4.78, 5) is 0. The second-order valence-electron chi connectivity index (χ2n) is 0. The summed E-state index contributed by atoms with van der Waals surface area (Å²) in [6.45, 7) is 0. The van der Waals surface area contributed by atoms with Crippen LogP contribution in [0.3, 0.4) is 0 Å². The third kappa shape index (κ3) is 8.90. The van der Waals surface area contributed by atoms with E-state index < -0.39 is 0 Å². The Morgan fingerprint density at radius 1 is 1.25 bits per heavy atom. The molecule has 28 valence electrons. The first kappa shape index (κ1) is 35.1. The molecule has 0 heterocycles. The molecule has 0 spiro atoms. The predicted molar refractivity (Wildman–Crippen MR) is 19.3 cm³/mol. The van der Waals surface area contributed by atoms with Gasteiger partial charge in [-0.05, 0) is 11.0 Å². The van der Waals surface area contributed by atoms with Gasteiger partial charge in [0.1, 0.15) is 0 Å². The second-order valence-corrected chi connectivity index (χ2v) is 0. The van der Waals surface area contributed by atoms with Crippen molar-refractivity contribution in [2.45, 2.75) is 0 Å². The van der Waals surface area contributed by atoms with Crippen LogP contribution >= 0.6 is 0 Å². The van der Waals surface area contributed by atoms with Crippen LogP contribution < -0.4 is 0 Å². The Kier molecular flexibility index (Phi) is 168. The molecule has 0 rings (SSSR count). The minimum absolute atomic E-state index is 0. The molecule has 0 aliphatic heterocycles. The molecule has 0 saturated heterocycles. The quantitative estimate of drug-likeness (QED) is 0.472. The summed E-state index contributed by atoms with van der Waals surface area (Å²) in [6, 6.07) is 0. The molecule has 0 radical (unpaired) electrons. The maximum absolute atomic E-state index is 0. The number of hydrogen-bond donors (Lipinski definition) is 0. The van der Waals surface area contributed by atoms with E-state index >= 15 is 0 Å². The molecule has 0 aromatic carbocycles. The fraction of sp³-hybridized carbons (Fsp3) is 0. The molecule has 0 aromatic rings. The van der Waals surface area contributed by atoms with Crippen molar-refractivity contribution in [3.05, 3.63) is 0 Å². The van der Waals surface area contributed by atoms with Crippen LogP contribution in [0.1, 0.15) is 2.85 Å². The normalized spacial score (nSPS) is 0. The Bertz CT molecular complexity index is 13.5. The van der Waals surface area contributed by atoms with Crippen molar-refractivity contribution in [3.8, 4) is 0 Å². The van der Waals surface area contributed by atoms with Gasteiger partial charge in [-0.3, -0.25) is 0 Å². The molecule has 0 fully saturated rings. The zero-order chi connectivity index (χ0) is 0. The smallest absolute Gasteiger partial charge is 1.00 e. The first-order valence-electron chi connectivity index (χ1n) is 0. The summed E-state index contributed by atoms with van der Waals surface area (Å²) in [5.41, 5.74) is 0. The standard InChI is InChI=1S/Mg.Ni.H4Si.W.2H/h;;1H4;;;/q+2;;;;2*-1. The molecular formula is H6MgNiSiW. The Morgan fingerprint density at radius 3 is 1.25 bits per heavy atom. The zero-order valence-electron chi connectivity index (χ0n) is 3.43. The van der Waals surface area contributed by atoms with Crippen molar-refractivity contribution >= 4 is 34.0 Å². The van der Waals surface area contributed by atoms with Gasteiger partial charge in [0.25, 0.3) is 0 Å². The molecule has 4 heteroatoms. The fourth-order valence-corrected chi connectivity index (χ4v) is 0. The third-order valence-corrected chi connectivity index (χ3v) is 0. The van der Waals surface area contributed by atoms with Crippen LogP contribution in [0.15, 0.2) is 0 Å². The van der Waals surface area contributed by atoms with Gasteiger partial charge in [0.15, 0.2) is 0 Å². The first-order valence-corrected chi connectivity index (χ1v) is 0. The van der Waals surface area contributed by atoms with Crippen molar-refractivity contribution in [1.29, 1.82) is 0 Å². The Morgan fingerprint density at radius 2 is 1.25 bits per heavy atom. The monoisotopic (exact) mass is 300 g/mol. The number of hydrogen-bond acceptors (Lipinski definition) is 0. The molecule has 0 aromatic heterocycles. The van der Waals surface area contributed by atoms with Crippen molar-refractivity contribution in [2.24, 2.45) is 0 Å². The van der Waals surface area contributed by atoms with Gasteiger partial charge in [0, 0.05) is 37.6 Å². The van der Waals surface area contributed by atoms with Gasteiger partial charge in [0.05, 0.1) is 0 Å². The Hall–Kier alpha value is 2.16. The van der Waals surface area contributed by atoms with E-state index in [4.69, 9.17) is 0 Å². The topological polar surface area (TPSA) is 0 Å². The summed E-state index contributed by atoms with van der Waals surface area (Å²) < 4.78 is 0. The molecule has 0 aliphatic rings. The minimum atomic E-state index is 0. The first-order chi connectivity index (χ1) is 0. The van der Waals surface area contributed by atoms with E-state index in [0.29, 0.717) is 0 Å². The molecule has 0 aliphatic carbocycles. The molecule has 0 bridgehead atoms. The largest absolute Gasteiger partial charge is 2.00 e. The molecule has 0 unspecified atom stereocenters. The minimum Gasteiger partial charge on any atom is -1.00 e. The van der Waals surface area contributed by atoms with Gasteiger partial charge in [-0.15, -0.1) is 0 Å². The van der Waals surface area contributed by atoms with E-state index in [-0.39, 0.29) is 74.4 Å². The SMILES string of the molecule is [H-].[H-].[Mg+2].[Ni].[SiH4].[W]. The van der Waals surface area contributed by atoms with Gasteiger partial charge in [-0.1, -0.05) is 0 Å². The van der Waals surface area contributed by atoms with E-state index in [1.54, 1.807) is 0 Å². The van der Waals surface area contributed by atoms with Crippen LogP contribution in [-0.2, 0) is 37.6 Å². The zero-order valence-corrected chi connectivity index (χ0v) is 6.77. The van der Waals surface area contributed by atoms with E-state index in [2.05, 4.69) is 0 Å². The molecule has 4 heavy (non-hydrogen) atoms. The maximum Gasteiger partial charge on any atom is 2.00 e. The third-order valence-electron chi connectivity index (χ3n) is 0. The second kappa shape index (κ2) is 19.1. The van der Waals surface area contributed by atoms with Crippen molar-refractivity contribution in [1.82, 2.24) is 0 Å². The Balaban J connectivity index is 0. The molecular weight excluding hydrogens is 295 g/mol. The summed E-state index contributed by atoms with van der Waals surface area (Å²) in [6.07, 6.45) is 0. The van der Waals surface area contributed by atoms with Crippen LogP contribution in [0.25, 0.3) is 0 Å². The molecule has 0 N–H and O–H groups in total. The number of rotatable bonds is 0. The van der Waals surface area contributed by atoms with Gasteiger partial charge >= 0.3 is 23.1 Å². The van der Waals surface area contributed by atoms with Crippen LogP contribution in [0.2, 0.25) is 0 Å². The van der Waals surface area contributed by atoms with E-state index in [9.17, 15) is 0 Å². The van der Waals surface area contributed by atoms with E-state index in [1.807, 2.05) is 0 Å². The Labute approximate surface area is 73.8 Å². The van der Waals surface area contributed by atoms with Crippen LogP contribution in [0.4, 0.5) is 0 Å². The summed E-state index contributed by atoms with van der Waals surface area (Å²) in [5, 5.41) is 0. The molecule has 0 nitrogen and oxygen atoms in total. The van der Waals surface area contributed by atoms with Crippen molar-refractivity contribution in [2.75, 3.05) is 0 Å². The van der Waals surface area contributed by atoms with Gasteiger partial charge < -0.3 is 2.85 Å². The average molecular weight is 301 g/mol. The molecule has 0 saturated carbocycles. The molecule has 0 amide bonds. The fourth-order valence-electron chi connectivity index (χ4n) is 0. The summed E-state index contributed by atoms with van der Waals surface area (Å²) in [5.74, 6) is 0. The maximum atomic E-state index is 0. The summed E-state index contributed by atoms with van der Waals surface area (Å²) in [7, 11) is 0. The van der Waals surface area contributed by atoms with Crippen LogP contribution in [-0.4, -0.2) is 34.0 Å². The van der Waals surface area contributed by atoms with E-state index in [0.717, 1.165) is 0 Å². The average Bonchev–Trinajstić information content (AvgIpc) is 0. The van der Waals surface area contributed by atoms with Crippen molar-refractivity contribution in [3.63, 3.8) is 0 Å². The predicted octanol–water partition coefficient (Wildman–Crippen LogP) is -1.61.